The van der Waals surface area contributed by atoms with Gasteiger partial charge >= 0.3 is 0 Å². The number of halogens is 1. The fourth-order valence-electron chi connectivity index (χ4n) is 2.71. The maximum absolute atomic E-state index is 12.4. The zero-order valence-corrected chi connectivity index (χ0v) is 19.9. The van der Waals surface area contributed by atoms with Gasteiger partial charge in [0.1, 0.15) is 22.4 Å². The second-order valence-corrected chi connectivity index (χ2v) is 6.76. The van der Waals surface area contributed by atoms with Gasteiger partial charge < -0.3 is 13.9 Å². The third kappa shape index (κ3) is 6.79. The van der Waals surface area contributed by atoms with E-state index in [0.29, 0.717) is 34.7 Å². The minimum atomic E-state index is -0.0824. The van der Waals surface area contributed by atoms with Crippen LogP contribution in [-0.2, 0) is 11.3 Å². The molecule has 0 saturated carbocycles. The van der Waals surface area contributed by atoms with Crippen molar-refractivity contribution in [3.63, 3.8) is 0 Å². The lowest BCUT2D eigenvalue weighted by Crippen LogP contribution is -2.20. The molecule has 5 nitrogen and oxygen atoms in total. The second kappa shape index (κ2) is 13.4. The number of rotatable bonds is 2. The van der Waals surface area contributed by atoms with Crippen molar-refractivity contribution in [1.82, 2.24) is 9.72 Å². The summed E-state index contributed by atoms with van der Waals surface area (Å²) in [5.74, 6) is 0.781. The van der Waals surface area contributed by atoms with Crippen molar-refractivity contribution in [2.75, 3.05) is 0 Å². The molecule has 4 aromatic rings. The first-order chi connectivity index (χ1) is 14.9. The van der Waals surface area contributed by atoms with Crippen molar-refractivity contribution in [2.45, 2.75) is 54.5 Å². The van der Waals surface area contributed by atoms with Crippen molar-refractivity contribution >= 4 is 39.2 Å². The molecule has 4 rings (SSSR count). The number of ketones is 1. The van der Waals surface area contributed by atoms with Gasteiger partial charge in [-0.3, -0.25) is 4.79 Å². The van der Waals surface area contributed by atoms with E-state index in [-0.39, 0.29) is 11.3 Å². The lowest BCUT2D eigenvalue weighted by molar-refractivity contribution is -0.116. The monoisotopic (exact) mass is 442 g/mol. The molecule has 0 N–H and O–H groups in total. The molecule has 0 atom stereocenters. The van der Waals surface area contributed by atoms with Crippen molar-refractivity contribution in [3.8, 4) is 0 Å². The first-order valence-electron chi connectivity index (χ1n) is 10.5. The molecular formula is C25H31ClN2O3. The van der Waals surface area contributed by atoms with Crippen LogP contribution in [0.2, 0.25) is 5.02 Å². The van der Waals surface area contributed by atoms with E-state index in [4.69, 9.17) is 16.1 Å². The molecule has 2 heterocycles. The molecule has 0 saturated heterocycles. The number of benzene rings is 2. The molecule has 166 valence electrons. The van der Waals surface area contributed by atoms with Crippen LogP contribution >= 0.6 is 11.6 Å². The Kier molecular flexibility index (Phi) is 11.3. The van der Waals surface area contributed by atoms with E-state index in [1.807, 2.05) is 76.2 Å². The Balaban J connectivity index is 0.000000305. The zero-order chi connectivity index (χ0) is 23.4. The van der Waals surface area contributed by atoms with Crippen LogP contribution < -0.4 is 5.56 Å². The van der Waals surface area contributed by atoms with Gasteiger partial charge in [0, 0.05) is 18.4 Å². The summed E-state index contributed by atoms with van der Waals surface area (Å²) in [4.78, 5) is 22.2. The summed E-state index contributed by atoms with van der Waals surface area (Å²) in [7, 11) is 0. The maximum atomic E-state index is 12.4. The molecule has 0 radical (unpaired) electrons. The van der Waals surface area contributed by atoms with Crippen LogP contribution in [0.25, 0.3) is 21.8 Å². The number of hydrogen-bond donors (Lipinski definition) is 0. The number of nitrogens with zero attached hydrogens (tertiary/aromatic N) is 2. The Hall–Kier alpha value is -2.92. The fourth-order valence-corrected chi connectivity index (χ4v) is 2.97. The van der Waals surface area contributed by atoms with Gasteiger partial charge in [-0.05, 0) is 32.9 Å². The minimum Gasteiger partial charge on any atom is -0.360 e. The predicted molar refractivity (Wildman–Crippen MR) is 130 cm³/mol. The molecule has 0 aliphatic carbocycles. The molecule has 0 bridgehead atoms. The summed E-state index contributed by atoms with van der Waals surface area (Å²) >= 11 is 6.23. The number of aromatic nitrogens is 2. The maximum Gasteiger partial charge on any atom is 0.264 e. The Morgan fingerprint density at radius 1 is 1.00 bits per heavy atom. The second-order valence-electron chi connectivity index (χ2n) is 6.36. The van der Waals surface area contributed by atoms with Crippen LogP contribution in [0.3, 0.4) is 0 Å². The number of Topliss-reactive ketones (excluding diaryl/α,β-unsaturated/α-hetero) is 1. The summed E-state index contributed by atoms with van der Waals surface area (Å²) in [6.45, 7) is 11.7. The number of hydrogen-bond acceptors (Lipinski definition) is 4. The molecule has 2 aromatic heterocycles. The van der Waals surface area contributed by atoms with Gasteiger partial charge in [-0.15, -0.1) is 0 Å². The average Bonchev–Trinajstić information content (AvgIpc) is 3.19. The number of pyridine rings is 1. The number of carbonyl (C=O) groups excluding carboxylic acids is 1. The van der Waals surface area contributed by atoms with Crippen LogP contribution in [0.1, 0.15) is 46.8 Å². The number of aryl methyl sites for hydroxylation is 2. The zero-order valence-electron chi connectivity index (χ0n) is 19.1. The third-order valence-corrected chi connectivity index (χ3v) is 4.64. The summed E-state index contributed by atoms with van der Waals surface area (Å²) < 4.78 is 6.82. The Morgan fingerprint density at radius 3 is 1.97 bits per heavy atom. The summed E-state index contributed by atoms with van der Waals surface area (Å²) in [5.41, 5.74) is 1.25. The molecule has 0 aliphatic rings. The number of fused-ring (bicyclic) bond motifs is 3. The van der Waals surface area contributed by atoms with E-state index in [1.54, 1.807) is 24.5 Å². The fraction of sp³-hybridized carbons (Fsp3) is 0.320. The van der Waals surface area contributed by atoms with Gasteiger partial charge in [-0.1, -0.05) is 80.0 Å². The Bertz CT molecular complexity index is 1120. The smallest absolute Gasteiger partial charge is 0.264 e. The van der Waals surface area contributed by atoms with Crippen LogP contribution in [-0.4, -0.2) is 15.5 Å². The quantitative estimate of drug-likeness (QED) is 0.341. The first kappa shape index (κ1) is 26.1. The van der Waals surface area contributed by atoms with Gasteiger partial charge in [-0.2, -0.15) is 0 Å². The largest absolute Gasteiger partial charge is 0.360 e. The molecule has 31 heavy (non-hydrogen) atoms. The molecule has 0 fully saturated rings. The standard InChI is InChI=1S/C13H11ClN2O2.C6H6.C4H8O.C2H6/c1-3-16-9-6-4-5-8(14)11(9)12-10(13(16)17)7(2)18-15-12;1-2-4-6-5-3-1;1-3-4(2)5;1-2/h4-6H,3H2,1-2H3;1-6H;3H2,1-2H3;1-2H3. The van der Waals surface area contributed by atoms with E-state index in [2.05, 4.69) is 5.16 Å². The van der Waals surface area contributed by atoms with Gasteiger partial charge in [0.2, 0.25) is 0 Å². The summed E-state index contributed by atoms with van der Waals surface area (Å²) in [6, 6.07) is 17.5. The lowest BCUT2D eigenvalue weighted by Gasteiger charge is -2.09. The van der Waals surface area contributed by atoms with E-state index in [1.165, 1.54) is 0 Å². The van der Waals surface area contributed by atoms with E-state index in [9.17, 15) is 9.59 Å². The first-order valence-corrected chi connectivity index (χ1v) is 10.9. The normalized spacial score (nSPS) is 9.65. The highest BCUT2D eigenvalue weighted by atomic mass is 35.5. The Morgan fingerprint density at radius 2 is 1.52 bits per heavy atom. The molecule has 2 aromatic carbocycles. The molecule has 0 aliphatic heterocycles. The van der Waals surface area contributed by atoms with Crippen LogP contribution in [0.5, 0.6) is 0 Å². The highest BCUT2D eigenvalue weighted by molar-refractivity contribution is 6.37. The molecule has 0 spiro atoms. The van der Waals surface area contributed by atoms with Crippen molar-refractivity contribution in [1.29, 1.82) is 0 Å². The van der Waals surface area contributed by atoms with Crippen LogP contribution in [0.4, 0.5) is 0 Å². The summed E-state index contributed by atoms with van der Waals surface area (Å²) in [6.07, 6.45) is 0.667. The SMILES string of the molecule is CC.CCC(C)=O.CCn1c(=O)c2c(C)onc2c2c(Cl)cccc21.c1ccccc1. The van der Waals surface area contributed by atoms with Crippen LogP contribution in [0.15, 0.2) is 63.9 Å². The topological polar surface area (TPSA) is 65.1 Å². The van der Waals surface area contributed by atoms with Gasteiger partial charge in [0.15, 0.2) is 0 Å². The Labute approximate surface area is 188 Å². The average molecular weight is 443 g/mol. The molecule has 0 unspecified atom stereocenters. The van der Waals surface area contributed by atoms with Crippen molar-refractivity contribution in [2.24, 2.45) is 0 Å². The molecule has 0 amide bonds. The van der Waals surface area contributed by atoms with Crippen molar-refractivity contribution in [3.05, 3.63) is 75.7 Å². The predicted octanol–water partition coefficient (Wildman–Crippen LogP) is 6.82. The lowest BCUT2D eigenvalue weighted by atomic mass is 10.1. The van der Waals surface area contributed by atoms with Crippen LogP contribution in [0, 0.1) is 6.92 Å². The molecule has 6 heteroatoms. The van der Waals surface area contributed by atoms with E-state index < -0.39 is 0 Å². The minimum absolute atomic E-state index is 0.0824. The highest BCUT2D eigenvalue weighted by Gasteiger charge is 2.17. The van der Waals surface area contributed by atoms with E-state index in [0.717, 1.165) is 10.9 Å². The van der Waals surface area contributed by atoms with E-state index >= 15 is 0 Å². The van der Waals surface area contributed by atoms with Crippen molar-refractivity contribution < 1.29 is 9.32 Å². The summed E-state index contributed by atoms with van der Waals surface area (Å²) in [5, 5.41) is 5.83. The number of carbonyl (C=O) groups is 1. The third-order valence-electron chi connectivity index (χ3n) is 4.32. The highest BCUT2D eigenvalue weighted by Crippen LogP contribution is 2.29. The van der Waals surface area contributed by atoms with Gasteiger partial charge in [0.25, 0.3) is 5.56 Å². The molecular weight excluding hydrogens is 412 g/mol. The van der Waals surface area contributed by atoms with Gasteiger partial charge in [-0.25, -0.2) is 0 Å². The van der Waals surface area contributed by atoms with Gasteiger partial charge in [0.05, 0.1) is 10.5 Å².